The molecule has 1 aliphatic heterocycles. The molecule has 0 fully saturated rings. The second-order valence-corrected chi connectivity index (χ2v) is 6.03. The van der Waals surface area contributed by atoms with E-state index in [1.165, 1.54) is 24.0 Å². The van der Waals surface area contributed by atoms with Gasteiger partial charge in [-0.1, -0.05) is 29.5 Å². The van der Waals surface area contributed by atoms with E-state index in [0.29, 0.717) is 17.5 Å². The van der Waals surface area contributed by atoms with Gasteiger partial charge in [-0.25, -0.2) is 4.98 Å². The summed E-state index contributed by atoms with van der Waals surface area (Å²) in [5.41, 5.74) is 1.81. The highest BCUT2D eigenvalue weighted by Crippen LogP contribution is 2.25. The molecule has 0 aliphatic carbocycles. The van der Waals surface area contributed by atoms with Crippen molar-refractivity contribution in [3.05, 3.63) is 52.4 Å². The third-order valence-electron chi connectivity index (χ3n) is 3.41. The number of rotatable bonds is 2. The van der Waals surface area contributed by atoms with Crippen molar-refractivity contribution in [2.24, 2.45) is 5.92 Å². The maximum absolute atomic E-state index is 12.3. The van der Waals surface area contributed by atoms with E-state index >= 15 is 0 Å². The van der Waals surface area contributed by atoms with Crippen molar-refractivity contribution in [3.63, 3.8) is 0 Å². The Labute approximate surface area is 126 Å². The molecule has 108 valence electrons. The molecule has 0 spiro atoms. The summed E-state index contributed by atoms with van der Waals surface area (Å²) in [5, 5.41) is 3.58. The highest BCUT2D eigenvalue weighted by molar-refractivity contribution is 7.99. The summed E-state index contributed by atoms with van der Waals surface area (Å²) in [7, 11) is 0. The lowest BCUT2D eigenvalue weighted by Gasteiger charge is -2.23. The minimum absolute atomic E-state index is 0.0623. The number of benzene rings is 1. The first-order chi connectivity index (χ1) is 10.1. The van der Waals surface area contributed by atoms with Crippen LogP contribution in [0.4, 0.5) is 5.69 Å². The van der Waals surface area contributed by atoms with Gasteiger partial charge in [-0.05, 0) is 19.1 Å². The molecule has 2 heterocycles. The van der Waals surface area contributed by atoms with Crippen molar-refractivity contribution in [3.8, 4) is 0 Å². The molecule has 1 aliphatic rings. The fraction of sp³-hybridized carbons (Fsp3) is 0.267. The zero-order valence-corrected chi connectivity index (χ0v) is 12.4. The molecule has 1 N–H and O–H groups in total. The first-order valence-electron chi connectivity index (χ1n) is 6.69. The standard InChI is InChI=1S/C15H15N3O2S/c1-10-2-4-12(5-3-10)17-14(20)11-8-18-13(19)6-7-16-15(18)21-9-11/h2-7,11H,8-9H2,1H3,(H,17,20). The highest BCUT2D eigenvalue weighted by Gasteiger charge is 2.26. The van der Waals surface area contributed by atoms with E-state index in [9.17, 15) is 9.59 Å². The number of fused-ring (bicyclic) bond motifs is 1. The first-order valence-corrected chi connectivity index (χ1v) is 7.68. The Kier molecular flexibility index (Phi) is 3.79. The second kappa shape index (κ2) is 5.73. The largest absolute Gasteiger partial charge is 0.326 e. The number of aromatic nitrogens is 2. The minimum atomic E-state index is -0.231. The molecule has 1 atom stereocenters. The van der Waals surface area contributed by atoms with Crippen LogP contribution < -0.4 is 10.9 Å². The van der Waals surface area contributed by atoms with Gasteiger partial charge in [-0.3, -0.25) is 14.2 Å². The van der Waals surface area contributed by atoms with Gasteiger partial charge in [0.2, 0.25) is 5.91 Å². The van der Waals surface area contributed by atoms with E-state index in [2.05, 4.69) is 10.3 Å². The second-order valence-electron chi connectivity index (χ2n) is 5.04. The van der Waals surface area contributed by atoms with E-state index < -0.39 is 0 Å². The molecule has 2 aromatic rings. The fourth-order valence-electron chi connectivity index (χ4n) is 2.19. The summed E-state index contributed by atoms with van der Waals surface area (Å²) in [6.07, 6.45) is 1.51. The summed E-state index contributed by atoms with van der Waals surface area (Å²) in [6, 6.07) is 9.09. The van der Waals surface area contributed by atoms with Crippen LogP contribution in [-0.2, 0) is 11.3 Å². The molecule has 5 nitrogen and oxygen atoms in total. The zero-order chi connectivity index (χ0) is 14.8. The number of hydrogen-bond acceptors (Lipinski definition) is 4. The number of aryl methyl sites for hydroxylation is 1. The molecule has 0 bridgehead atoms. The van der Waals surface area contributed by atoms with E-state index in [1.807, 2.05) is 31.2 Å². The predicted molar refractivity (Wildman–Crippen MR) is 82.5 cm³/mol. The van der Waals surface area contributed by atoms with Gasteiger partial charge >= 0.3 is 0 Å². The summed E-state index contributed by atoms with van der Waals surface area (Å²) >= 11 is 1.44. The Hall–Kier alpha value is -2.08. The molecule has 0 saturated carbocycles. The summed E-state index contributed by atoms with van der Waals surface area (Å²) in [4.78, 5) is 28.3. The van der Waals surface area contributed by atoms with Gasteiger partial charge in [0.05, 0.1) is 5.92 Å². The number of nitrogens with zero attached hydrogens (tertiary/aromatic N) is 2. The van der Waals surface area contributed by atoms with Gasteiger partial charge in [-0.2, -0.15) is 0 Å². The third-order valence-corrected chi connectivity index (χ3v) is 4.56. The molecular weight excluding hydrogens is 286 g/mol. The Morgan fingerprint density at radius 3 is 2.86 bits per heavy atom. The van der Waals surface area contributed by atoms with Crippen LogP contribution >= 0.6 is 11.8 Å². The number of hydrogen-bond donors (Lipinski definition) is 1. The van der Waals surface area contributed by atoms with Crippen molar-refractivity contribution in [2.75, 3.05) is 11.1 Å². The lowest BCUT2D eigenvalue weighted by atomic mass is 10.1. The minimum Gasteiger partial charge on any atom is -0.326 e. The van der Waals surface area contributed by atoms with Gasteiger partial charge in [0.15, 0.2) is 5.16 Å². The number of carbonyl (C=O) groups is 1. The summed E-state index contributed by atoms with van der Waals surface area (Å²) in [5.74, 6) is 0.340. The van der Waals surface area contributed by atoms with Crippen LogP contribution in [0.15, 0.2) is 46.5 Å². The van der Waals surface area contributed by atoms with Crippen LogP contribution in [0, 0.1) is 12.8 Å². The summed E-state index contributed by atoms with van der Waals surface area (Å²) < 4.78 is 1.56. The van der Waals surface area contributed by atoms with Crippen LogP contribution in [0.3, 0.4) is 0 Å². The first kappa shape index (κ1) is 13.9. The van der Waals surface area contributed by atoms with E-state index in [1.54, 1.807) is 4.57 Å². The lowest BCUT2D eigenvalue weighted by Crippen LogP contribution is -2.36. The molecule has 1 unspecified atom stereocenters. The van der Waals surface area contributed by atoms with Gasteiger partial charge < -0.3 is 5.32 Å². The molecule has 0 saturated heterocycles. The van der Waals surface area contributed by atoms with Crippen molar-refractivity contribution >= 4 is 23.4 Å². The van der Waals surface area contributed by atoms with Gasteiger partial charge in [-0.15, -0.1) is 0 Å². The van der Waals surface area contributed by atoms with Crippen LogP contribution in [0.25, 0.3) is 0 Å². The highest BCUT2D eigenvalue weighted by atomic mass is 32.2. The van der Waals surface area contributed by atoms with Crippen LogP contribution in [0.1, 0.15) is 5.56 Å². The monoisotopic (exact) mass is 301 g/mol. The molecule has 1 amide bonds. The van der Waals surface area contributed by atoms with Crippen LogP contribution in [0.2, 0.25) is 0 Å². The summed E-state index contributed by atoms with van der Waals surface area (Å²) in [6.45, 7) is 2.38. The van der Waals surface area contributed by atoms with Crippen LogP contribution in [0.5, 0.6) is 0 Å². The Balaban J connectivity index is 1.74. The third kappa shape index (κ3) is 3.00. The fourth-order valence-corrected chi connectivity index (χ4v) is 3.25. The van der Waals surface area contributed by atoms with Crippen molar-refractivity contribution in [1.29, 1.82) is 0 Å². The molecule has 1 aromatic heterocycles. The zero-order valence-electron chi connectivity index (χ0n) is 11.6. The van der Waals surface area contributed by atoms with Gasteiger partial charge in [0, 0.05) is 30.2 Å². The topological polar surface area (TPSA) is 64.0 Å². The van der Waals surface area contributed by atoms with E-state index in [-0.39, 0.29) is 17.4 Å². The number of nitrogens with one attached hydrogen (secondary N) is 1. The quantitative estimate of drug-likeness (QED) is 0.861. The van der Waals surface area contributed by atoms with Crippen molar-refractivity contribution in [1.82, 2.24) is 9.55 Å². The molecule has 3 rings (SSSR count). The van der Waals surface area contributed by atoms with Gasteiger partial charge in [0.25, 0.3) is 5.56 Å². The number of thioether (sulfide) groups is 1. The Bertz CT molecular complexity index is 724. The molecule has 21 heavy (non-hydrogen) atoms. The maximum Gasteiger partial charge on any atom is 0.254 e. The number of amides is 1. The molecule has 6 heteroatoms. The Morgan fingerprint density at radius 1 is 1.33 bits per heavy atom. The van der Waals surface area contributed by atoms with Gasteiger partial charge in [0.1, 0.15) is 0 Å². The van der Waals surface area contributed by atoms with Crippen molar-refractivity contribution in [2.45, 2.75) is 18.6 Å². The van der Waals surface area contributed by atoms with E-state index in [0.717, 1.165) is 11.3 Å². The normalized spacial score (nSPS) is 17.1. The van der Waals surface area contributed by atoms with Crippen molar-refractivity contribution < 1.29 is 4.79 Å². The maximum atomic E-state index is 12.3. The average molecular weight is 301 g/mol. The molecular formula is C15H15N3O2S. The number of anilines is 1. The average Bonchev–Trinajstić information content (AvgIpc) is 2.50. The van der Waals surface area contributed by atoms with E-state index in [4.69, 9.17) is 0 Å². The Morgan fingerprint density at radius 2 is 2.10 bits per heavy atom. The van der Waals surface area contributed by atoms with Crippen LogP contribution in [-0.4, -0.2) is 21.2 Å². The number of carbonyl (C=O) groups excluding carboxylic acids is 1. The predicted octanol–water partition coefficient (Wildman–Crippen LogP) is 1.91. The SMILES string of the molecule is Cc1ccc(NC(=O)C2CSc3nccc(=O)n3C2)cc1. The molecule has 0 radical (unpaired) electrons. The smallest absolute Gasteiger partial charge is 0.254 e. The lowest BCUT2D eigenvalue weighted by molar-refractivity contribution is -0.119. The molecule has 1 aromatic carbocycles.